The number of anilines is 1. The van der Waals surface area contributed by atoms with Crippen LogP contribution in [-0.2, 0) is 4.74 Å². The molecule has 2 heterocycles. The predicted octanol–water partition coefficient (Wildman–Crippen LogP) is 1.64. The number of rotatable bonds is 3. The molecular weight excluding hydrogens is 332 g/mol. The summed E-state index contributed by atoms with van der Waals surface area (Å²) in [6.45, 7) is 5.95. The smallest absolute Gasteiger partial charge is 0.123 e. The predicted molar refractivity (Wildman–Crippen MR) is 88.2 cm³/mol. The SMILES string of the molecule is N=C(N)c1ccc(N2CCC(N3CCOCC3)C2)cc1Br. The van der Waals surface area contributed by atoms with Gasteiger partial charge in [-0.25, -0.2) is 0 Å². The number of hydrogen-bond donors (Lipinski definition) is 2. The van der Waals surface area contributed by atoms with Crippen molar-refractivity contribution in [2.45, 2.75) is 12.5 Å². The van der Waals surface area contributed by atoms with Crippen molar-refractivity contribution in [3.8, 4) is 0 Å². The molecule has 114 valence electrons. The quantitative estimate of drug-likeness (QED) is 0.641. The molecule has 1 aromatic rings. The Balaban J connectivity index is 1.68. The largest absolute Gasteiger partial charge is 0.384 e. The zero-order valence-electron chi connectivity index (χ0n) is 12.0. The molecular formula is C15H21BrN4O. The van der Waals surface area contributed by atoms with E-state index in [-0.39, 0.29) is 5.84 Å². The summed E-state index contributed by atoms with van der Waals surface area (Å²) in [6.07, 6.45) is 1.20. The van der Waals surface area contributed by atoms with E-state index in [1.54, 1.807) is 0 Å². The van der Waals surface area contributed by atoms with Crippen LogP contribution in [0.5, 0.6) is 0 Å². The monoisotopic (exact) mass is 352 g/mol. The number of benzene rings is 1. The third kappa shape index (κ3) is 3.22. The molecule has 0 bridgehead atoms. The fraction of sp³-hybridized carbons (Fsp3) is 0.533. The fourth-order valence-corrected chi connectivity index (χ4v) is 3.72. The van der Waals surface area contributed by atoms with E-state index in [1.165, 1.54) is 12.1 Å². The number of nitrogens with one attached hydrogen (secondary N) is 1. The average molecular weight is 353 g/mol. The van der Waals surface area contributed by atoms with Crippen LogP contribution in [0.1, 0.15) is 12.0 Å². The fourth-order valence-electron chi connectivity index (χ4n) is 3.14. The molecule has 21 heavy (non-hydrogen) atoms. The maximum atomic E-state index is 7.54. The second-order valence-corrected chi connectivity index (χ2v) is 6.47. The number of nitrogen functional groups attached to an aromatic ring is 1. The van der Waals surface area contributed by atoms with Gasteiger partial charge in [0.2, 0.25) is 0 Å². The van der Waals surface area contributed by atoms with E-state index in [9.17, 15) is 0 Å². The van der Waals surface area contributed by atoms with Gasteiger partial charge < -0.3 is 15.4 Å². The lowest BCUT2D eigenvalue weighted by Crippen LogP contribution is -2.44. The summed E-state index contributed by atoms with van der Waals surface area (Å²) in [5.74, 6) is 0.0982. The van der Waals surface area contributed by atoms with Gasteiger partial charge in [-0.15, -0.1) is 0 Å². The van der Waals surface area contributed by atoms with E-state index < -0.39 is 0 Å². The van der Waals surface area contributed by atoms with Gasteiger partial charge in [0.1, 0.15) is 5.84 Å². The molecule has 0 aliphatic carbocycles. The Morgan fingerprint density at radius 3 is 2.71 bits per heavy atom. The van der Waals surface area contributed by atoms with Crippen LogP contribution in [0, 0.1) is 5.41 Å². The van der Waals surface area contributed by atoms with E-state index in [2.05, 4.69) is 37.9 Å². The third-order valence-electron chi connectivity index (χ3n) is 4.33. The highest BCUT2D eigenvalue weighted by molar-refractivity contribution is 9.10. The molecule has 0 radical (unpaired) electrons. The Hall–Kier alpha value is -1.11. The number of nitrogens with two attached hydrogens (primary N) is 1. The number of halogens is 1. The molecule has 6 heteroatoms. The van der Waals surface area contributed by atoms with Crippen molar-refractivity contribution in [2.24, 2.45) is 5.73 Å². The zero-order valence-corrected chi connectivity index (χ0v) is 13.6. The molecule has 2 aliphatic heterocycles. The average Bonchev–Trinajstić information content (AvgIpc) is 2.97. The molecule has 5 nitrogen and oxygen atoms in total. The van der Waals surface area contributed by atoms with Gasteiger partial charge in [0.05, 0.1) is 13.2 Å². The van der Waals surface area contributed by atoms with Gasteiger partial charge in [-0.1, -0.05) is 0 Å². The number of nitrogens with zero attached hydrogens (tertiary/aromatic N) is 2. The van der Waals surface area contributed by atoms with Crippen molar-refractivity contribution >= 4 is 27.5 Å². The number of ether oxygens (including phenoxy) is 1. The summed E-state index contributed by atoms with van der Waals surface area (Å²) >= 11 is 3.51. The number of amidine groups is 1. The minimum atomic E-state index is 0.0982. The maximum Gasteiger partial charge on any atom is 0.123 e. The molecule has 0 saturated carbocycles. The van der Waals surface area contributed by atoms with E-state index in [0.29, 0.717) is 6.04 Å². The van der Waals surface area contributed by atoms with Crippen LogP contribution >= 0.6 is 15.9 Å². The highest BCUT2D eigenvalue weighted by Crippen LogP contribution is 2.28. The Morgan fingerprint density at radius 1 is 1.29 bits per heavy atom. The van der Waals surface area contributed by atoms with Gasteiger partial charge >= 0.3 is 0 Å². The molecule has 1 aromatic carbocycles. The molecule has 2 saturated heterocycles. The van der Waals surface area contributed by atoms with Crippen LogP contribution in [-0.4, -0.2) is 56.2 Å². The van der Waals surface area contributed by atoms with E-state index in [4.69, 9.17) is 15.9 Å². The summed E-state index contributed by atoms with van der Waals surface area (Å²) in [5.41, 5.74) is 7.51. The van der Waals surface area contributed by atoms with Crippen LogP contribution in [0.15, 0.2) is 22.7 Å². The first kappa shape index (κ1) is 14.8. The second kappa shape index (κ2) is 6.34. The molecule has 3 rings (SSSR count). The van der Waals surface area contributed by atoms with Crippen LogP contribution in [0.2, 0.25) is 0 Å². The number of hydrogen-bond acceptors (Lipinski definition) is 4. The Kier molecular flexibility index (Phi) is 4.47. The van der Waals surface area contributed by atoms with Gasteiger partial charge in [0, 0.05) is 47.9 Å². The van der Waals surface area contributed by atoms with Gasteiger partial charge in [-0.05, 0) is 40.5 Å². The molecule has 0 spiro atoms. The zero-order chi connectivity index (χ0) is 14.8. The molecule has 0 amide bonds. The van der Waals surface area contributed by atoms with Crippen molar-refractivity contribution in [2.75, 3.05) is 44.3 Å². The normalized spacial score (nSPS) is 23.5. The lowest BCUT2D eigenvalue weighted by molar-refractivity contribution is 0.0209. The van der Waals surface area contributed by atoms with Gasteiger partial charge in [0.15, 0.2) is 0 Å². The van der Waals surface area contributed by atoms with Crippen LogP contribution in [0.4, 0.5) is 5.69 Å². The van der Waals surface area contributed by atoms with Crippen molar-refractivity contribution in [3.63, 3.8) is 0 Å². The van der Waals surface area contributed by atoms with Gasteiger partial charge in [-0.3, -0.25) is 10.3 Å². The van der Waals surface area contributed by atoms with Gasteiger partial charge in [0.25, 0.3) is 0 Å². The van der Waals surface area contributed by atoms with E-state index >= 15 is 0 Å². The first-order valence-electron chi connectivity index (χ1n) is 7.36. The topological polar surface area (TPSA) is 65.6 Å². The Labute approximate surface area is 133 Å². The highest BCUT2D eigenvalue weighted by Gasteiger charge is 2.29. The maximum absolute atomic E-state index is 7.54. The van der Waals surface area contributed by atoms with E-state index in [0.717, 1.165) is 49.4 Å². The summed E-state index contributed by atoms with van der Waals surface area (Å²) in [7, 11) is 0. The van der Waals surface area contributed by atoms with Crippen molar-refractivity contribution in [3.05, 3.63) is 28.2 Å². The first-order valence-corrected chi connectivity index (χ1v) is 8.15. The molecule has 2 fully saturated rings. The molecule has 3 N–H and O–H groups in total. The Bertz CT molecular complexity index is 530. The Morgan fingerprint density at radius 2 is 2.05 bits per heavy atom. The lowest BCUT2D eigenvalue weighted by atomic mass is 10.2. The van der Waals surface area contributed by atoms with Crippen molar-refractivity contribution in [1.82, 2.24) is 4.90 Å². The summed E-state index contributed by atoms with van der Waals surface area (Å²) < 4.78 is 6.32. The highest BCUT2D eigenvalue weighted by atomic mass is 79.9. The second-order valence-electron chi connectivity index (χ2n) is 5.61. The summed E-state index contributed by atoms with van der Waals surface area (Å²) in [5, 5.41) is 7.54. The first-order chi connectivity index (χ1) is 10.1. The van der Waals surface area contributed by atoms with Crippen LogP contribution in [0.3, 0.4) is 0 Å². The molecule has 0 aromatic heterocycles. The number of morpholine rings is 1. The lowest BCUT2D eigenvalue weighted by Gasteiger charge is -2.32. The molecule has 2 aliphatic rings. The summed E-state index contributed by atoms with van der Waals surface area (Å²) in [4.78, 5) is 4.96. The third-order valence-corrected chi connectivity index (χ3v) is 4.99. The van der Waals surface area contributed by atoms with Crippen LogP contribution in [0.25, 0.3) is 0 Å². The van der Waals surface area contributed by atoms with Gasteiger partial charge in [-0.2, -0.15) is 0 Å². The molecule has 1 unspecified atom stereocenters. The minimum absolute atomic E-state index is 0.0982. The van der Waals surface area contributed by atoms with Crippen molar-refractivity contribution < 1.29 is 4.74 Å². The van der Waals surface area contributed by atoms with Crippen LogP contribution < -0.4 is 10.6 Å². The minimum Gasteiger partial charge on any atom is -0.384 e. The summed E-state index contributed by atoms with van der Waals surface area (Å²) in [6, 6.07) is 6.67. The standard InChI is InChI=1S/C15H21BrN4O/c16-14-9-11(1-2-13(14)15(17)18)20-4-3-12(10-20)19-5-7-21-8-6-19/h1-2,9,12H,3-8,10H2,(H3,17,18). The molecule has 1 atom stereocenters. The van der Waals surface area contributed by atoms with Crippen molar-refractivity contribution in [1.29, 1.82) is 5.41 Å². The van der Waals surface area contributed by atoms with E-state index in [1.807, 2.05) is 6.07 Å².